The van der Waals surface area contributed by atoms with Crippen molar-refractivity contribution in [2.24, 2.45) is 0 Å². The first kappa shape index (κ1) is 24.5. The number of rotatable bonds is 9. The lowest BCUT2D eigenvalue weighted by Crippen LogP contribution is -2.36. The fourth-order valence-corrected chi connectivity index (χ4v) is 5.90. The maximum Gasteiger partial charge on any atom is 0.340 e. The average molecular weight is 439 g/mol. The van der Waals surface area contributed by atoms with Crippen molar-refractivity contribution in [3.63, 3.8) is 0 Å². The van der Waals surface area contributed by atoms with Gasteiger partial charge in [-0.1, -0.05) is 0 Å². The number of aliphatic hydroxyl groups excluding tert-OH is 4. The zero-order valence-corrected chi connectivity index (χ0v) is 16.3. The highest BCUT2D eigenvalue weighted by Gasteiger charge is 2.44. The quantitative estimate of drug-likeness (QED) is 0.152. The van der Waals surface area contributed by atoms with E-state index in [9.17, 15) is 39.3 Å². The normalized spacial score (nSPS) is 42.8. The number of ether oxygens (including phenoxy) is 2. The van der Waals surface area contributed by atoms with Crippen LogP contribution in [0.3, 0.4) is 0 Å². The molecular formula is C11H20B3O12P2. The first-order valence-corrected chi connectivity index (χ1v) is 11.7. The Balaban J connectivity index is 1.83. The Bertz CT molecular complexity index is 628. The van der Waals surface area contributed by atoms with Crippen molar-refractivity contribution in [2.75, 3.05) is 19.1 Å². The minimum absolute atomic E-state index is 0.665. The SMILES string of the molecule is [B][B][C@@H]1O[C@H](COP(=O)(O)CP(=O)(O)OC[C@H]2O[C@@H]([B])C(O)C2O)C(O)[C@@H]1O. The van der Waals surface area contributed by atoms with Crippen LogP contribution in [-0.4, -0.2) is 121 Å². The highest BCUT2D eigenvalue weighted by molar-refractivity contribution is 7.70. The molecule has 10 atom stereocenters. The molecule has 0 spiro atoms. The van der Waals surface area contributed by atoms with Crippen LogP contribution >= 0.6 is 15.2 Å². The lowest BCUT2D eigenvalue weighted by Gasteiger charge is -2.21. The van der Waals surface area contributed by atoms with Crippen LogP contribution in [0, 0.1) is 0 Å². The van der Waals surface area contributed by atoms with Crippen molar-refractivity contribution in [3.8, 4) is 0 Å². The molecule has 5 radical (unpaired) electrons. The van der Waals surface area contributed by atoms with Crippen molar-refractivity contribution in [3.05, 3.63) is 0 Å². The number of aliphatic hydroxyl groups is 4. The molecule has 0 aromatic heterocycles. The molecule has 2 aliphatic rings. The average Bonchev–Trinajstić information content (AvgIpc) is 3.01. The van der Waals surface area contributed by atoms with E-state index in [0.717, 1.165) is 7.17 Å². The molecule has 5 unspecified atom stereocenters. The summed E-state index contributed by atoms with van der Waals surface area (Å²) in [6.45, 7) is -1.34. The highest BCUT2D eigenvalue weighted by atomic mass is 31.2. The summed E-state index contributed by atoms with van der Waals surface area (Å²) in [4.78, 5) is 19.5. The van der Waals surface area contributed by atoms with E-state index >= 15 is 0 Å². The minimum atomic E-state index is -4.67. The third-order valence-electron chi connectivity index (χ3n) is 4.23. The summed E-state index contributed by atoms with van der Waals surface area (Å²) in [6, 6.07) is -2.22. The zero-order chi connectivity index (χ0) is 21.3. The smallest absolute Gasteiger partial charge is 0.340 e. The van der Waals surface area contributed by atoms with Gasteiger partial charge in [-0.15, -0.1) is 0 Å². The summed E-state index contributed by atoms with van der Waals surface area (Å²) in [5.41, 5.74) is 0. The monoisotopic (exact) mass is 439 g/mol. The van der Waals surface area contributed by atoms with Gasteiger partial charge in [0.2, 0.25) is 0 Å². The summed E-state index contributed by atoms with van der Waals surface area (Å²) < 4.78 is 43.5. The van der Waals surface area contributed by atoms with Crippen LogP contribution in [0.1, 0.15) is 0 Å². The number of hydrogen-bond donors (Lipinski definition) is 6. The first-order valence-electron chi connectivity index (χ1n) is 8.13. The first-order chi connectivity index (χ1) is 12.9. The maximum atomic E-state index is 12.0. The highest BCUT2D eigenvalue weighted by Crippen LogP contribution is 2.58. The topological polar surface area (TPSA) is 192 Å². The van der Waals surface area contributed by atoms with Gasteiger partial charge in [-0.3, -0.25) is 9.13 Å². The third-order valence-corrected chi connectivity index (χ3v) is 8.19. The third kappa shape index (κ3) is 6.13. The van der Waals surface area contributed by atoms with Crippen LogP contribution in [0.5, 0.6) is 0 Å². The Morgan fingerprint density at radius 2 is 1.32 bits per heavy atom. The molecule has 2 fully saturated rings. The van der Waals surface area contributed by atoms with E-state index in [1.165, 1.54) is 0 Å². The van der Waals surface area contributed by atoms with Gasteiger partial charge in [0.25, 0.3) is 0 Å². The molecule has 2 saturated heterocycles. The van der Waals surface area contributed by atoms with Gasteiger partial charge in [-0.2, -0.15) is 0 Å². The van der Waals surface area contributed by atoms with Crippen molar-refractivity contribution in [1.29, 1.82) is 0 Å². The predicted molar refractivity (Wildman–Crippen MR) is 95.0 cm³/mol. The van der Waals surface area contributed by atoms with Gasteiger partial charge < -0.3 is 48.7 Å². The summed E-state index contributed by atoms with van der Waals surface area (Å²) in [6.07, 6.45) is -8.09. The molecule has 28 heavy (non-hydrogen) atoms. The van der Waals surface area contributed by atoms with Crippen molar-refractivity contribution in [1.82, 2.24) is 0 Å². The van der Waals surface area contributed by atoms with E-state index in [-0.39, 0.29) is 0 Å². The Morgan fingerprint density at radius 3 is 1.71 bits per heavy atom. The molecule has 0 amide bonds. The van der Waals surface area contributed by atoms with Gasteiger partial charge in [0.05, 0.1) is 32.6 Å². The van der Waals surface area contributed by atoms with E-state index in [1.807, 2.05) is 0 Å². The van der Waals surface area contributed by atoms with Gasteiger partial charge in [0.1, 0.15) is 32.3 Å². The zero-order valence-electron chi connectivity index (χ0n) is 14.5. The molecule has 2 aliphatic heterocycles. The fourth-order valence-electron chi connectivity index (χ4n) is 2.68. The largest absolute Gasteiger partial charge is 0.388 e. The molecule has 0 aromatic carbocycles. The summed E-state index contributed by atoms with van der Waals surface area (Å²) in [5.74, 6) is -1.30. The van der Waals surface area contributed by atoms with Gasteiger partial charge in [-0.25, -0.2) is 0 Å². The van der Waals surface area contributed by atoms with Crippen molar-refractivity contribution in [2.45, 2.75) is 48.6 Å². The summed E-state index contributed by atoms with van der Waals surface area (Å²) in [7, 11) is 2.23. The van der Waals surface area contributed by atoms with Crippen molar-refractivity contribution < 1.29 is 57.9 Å². The lowest BCUT2D eigenvalue weighted by molar-refractivity contribution is -0.00601. The standard InChI is InChI=1S/C11H20B3O12P2/c12-10-8(17)6(15)4(25-10)1-23-27(19,20)3-28(21,22)24-2-5-7(16)9(18)11(14-13)26-5/h4-11,15-18H,1-3H2,(H,19,20)(H,21,22)/t4-,5-,6?,7?,8?,9+,10-,11-/m1/s1. The second-order valence-corrected chi connectivity index (χ2v) is 10.6. The summed E-state index contributed by atoms with van der Waals surface area (Å²) >= 11 is 0. The van der Waals surface area contributed by atoms with Gasteiger partial charge in [0.15, 0.2) is 5.90 Å². The molecule has 0 saturated carbocycles. The van der Waals surface area contributed by atoms with E-state index in [4.69, 9.17) is 29.6 Å². The second kappa shape index (κ2) is 9.59. The summed E-state index contributed by atoms with van der Waals surface area (Å²) in [5, 5.41) is 38.5. The molecule has 2 rings (SSSR count). The lowest BCUT2D eigenvalue weighted by atomic mass is 9.50. The Morgan fingerprint density at radius 1 is 0.857 bits per heavy atom. The molecule has 0 aliphatic carbocycles. The van der Waals surface area contributed by atoms with Crippen LogP contribution in [0.2, 0.25) is 0 Å². The molecular weight excluding hydrogens is 418 g/mol. The Labute approximate surface area is 164 Å². The van der Waals surface area contributed by atoms with Crippen LogP contribution in [0.4, 0.5) is 0 Å². The van der Waals surface area contributed by atoms with Gasteiger partial charge in [-0.05, 0) is 0 Å². The van der Waals surface area contributed by atoms with Gasteiger partial charge >= 0.3 is 15.2 Å². The Kier molecular flexibility index (Phi) is 8.40. The molecule has 2 heterocycles. The van der Waals surface area contributed by atoms with E-state index < -0.39 is 82.9 Å². The fraction of sp³-hybridized carbons (Fsp3) is 1.00. The molecule has 0 bridgehead atoms. The molecule has 12 nitrogen and oxygen atoms in total. The van der Waals surface area contributed by atoms with Crippen LogP contribution < -0.4 is 0 Å². The molecule has 0 aromatic rings. The number of hydrogen-bond acceptors (Lipinski definition) is 10. The van der Waals surface area contributed by atoms with Crippen LogP contribution in [0.25, 0.3) is 0 Å². The molecule has 6 N–H and O–H groups in total. The van der Waals surface area contributed by atoms with E-state index in [1.54, 1.807) is 0 Å². The van der Waals surface area contributed by atoms with Crippen LogP contribution in [-0.2, 0) is 27.7 Å². The molecule has 17 heteroatoms. The molecule has 155 valence electrons. The van der Waals surface area contributed by atoms with Gasteiger partial charge in [0, 0.05) is 19.7 Å². The van der Waals surface area contributed by atoms with Crippen LogP contribution in [0.15, 0.2) is 0 Å². The minimum Gasteiger partial charge on any atom is -0.388 e. The Hall–Kier alpha value is 0.255. The van der Waals surface area contributed by atoms with E-state index in [2.05, 4.69) is 4.52 Å². The van der Waals surface area contributed by atoms with E-state index in [0.29, 0.717) is 0 Å². The second-order valence-electron chi connectivity index (χ2n) is 6.44. The maximum absolute atomic E-state index is 12.0. The predicted octanol–water partition coefficient (Wildman–Crippen LogP) is -3.80. The van der Waals surface area contributed by atoms with Crippen molar-refractivity contribution >= 4 is 37.9 Å².